The van der Waals surface area contributed by atoms with E-state index >= 15 is 0 Å². The van der Waals surface area contributed by atoms with Gasteiger partial charge in [-0.25, -0.2) is 0 Å². The van der Waals surface area contributed by atoms with Crippen LogP contribution in [0.5, 0.6) is 0 Å². The summed E-state index contributed by atoms with van der Waals surface area (Å²) in [6, 6.07) is 8.55. The van der Waals surface area contributed by atoms with Gasteiger partial charge in [-0.1, -0.05) is 11.6 Å². The number of H-pyrrole nitrogens is 1. The summed E-state index contributed by atoms with van der Waals surface area (Å²) in [7, 11) is 0. The van der Waals surface area contributed by atoms with Crippen LogP contribution >= 0.6 is 11.6 Å². The highest BCUT2D eigenvalue weighted by atomic mass is 35.5. The number of pyridine rings is 1. The summed E-state index contributed by atoms with van der Waals surface area (Å²) in [5.41, 5.74) is 1.64. The van der Waals surface area contributed by atoms with Crippen molar-refractivity contribution in [3.05, 3.63) is 59.0 Å². The predicted octanol–water partition coefficient (Wildman–Crippen LogP) is 3.46. The number of Topliss-reactive ketones (excluding diaryl/α,β-unsaturated/α-hetero) is 2. The summed E-state index contributed by atoms with van der Waals surface area (Å²) >= 11 is 5.93. The molecular formula is C16H12ClN3O2. The number of nitrogens with one attached hydrogen (secondary N) is 1. The molecule has 1 aromatic carbocycles. The van der Waals surface area contributed by atoms with E-state index in [-0.39, 0.29) is 30.1 Å². The van der Waals surface area contributed by atoms with E-state index < -0.39 is 0 Å². The minimum Gasteiger partial charge on any atom is -0.294 e. The van der Waals surface area contributed by atoms with Gasteiger partial charge in [-0.05, 0) is 30.3 Å². The lowest BCUT2D eigenvalue weighted by Crippen LogP contribution is -2.07. The van der Waals surface area contributed by atoms with Gasteiger partial charge in [0.25, 0.3) is 0 Å². The molecule has 1 N–H and O–H groups in total. The standard InChI is InChI=1S/C16H12ClN3O2/c17-12-2-1-7-18-16(12)15(22)6-5-14(21)10-3-4-13-11(8-10)9-19-20-13/h1-4,7-9H,5-6H2,(H,19,20). The topological polar surface area (TPSA) is 75.7 Å². The Morgan fingerprint density at radius 3 is 2.77 bits per heavy atom. The molecule has 0 fully saturated rings. The lowest BCUT2D eigenvalue weighted by atomic mass is 10.0. The van der Waals surface area contributed by atoms with Gasteiger partial charge in [-0.3, -0.25) is 19.7 Å². The Labute approximate surface area is 131 Å². The molecule has 0 aliphatic heterocycles. The number of halogens is 1. The van der Waals surface area contributed by atoms with Crippen molar-refractivity contribution in [1.29, 1.82) is 0 Å². The maximum atomic E-state index is 12.2. The smallest absolute Gasteiger partial charge is 0.183 e. The largest absolute Gasteiger partial charge is 0.294 e. The highest BCUT2D eigenvalue weighted by molar-refractivity contribution is 6.33. The molecule has 2 aromatic heterocycles. The zero-order chi connectivity index (χ0) is 15.5. The number of carbonyl (C=O) groups excluding carboxylic acids is 2. The average molecular weight is 314 g/mol. The Bertz CT molecular complexity index is 857. The Kier molecular flexibility index (Phi) is 3.98. The second kappa shape index (κ2) is 6.07. The molecule has 3 rings (SSSR count). The van der Waals surface area contributed by atoms with Crippen molar-refractivity contribution in [2.45, 2.75) is 12.8 Å². The first-order chi connectivity index (χ1) is 10.6. The SMILES string of the molecule is O=C(CCC(=O)c1ncccc1Cl)c1ccc2[nH]ncc2c1. The zero-order valence-corrected chi connectivity index (χ0v) is 12.3. The molecule has 0 unspecified atom stereocenters. The van der Waals surface area contributed by atoms with Crippen LogP contribution in [0.15, 0.2) is 42.7 Å². The van der Waals surface area contributed by atoms with Crippen molar-refractivity contribution < 1.29 is 9.59 Å². The molecule has 5 nitrogen and oxygen atoms in total. The van der Waals surface area contributed by atoms with Gasteiger partial charge in [0, 0.05) is 30.0 Å². The fourth-order valence-corrected chi connectivity index (χ4v) is 2.42. The summed E-state index contributed by atoms with van der Waals surface area (Å²) in [5.74, 6) is -0.327. The van der Waals surface area contributed by atoms with Gasteiger partial charge < -0.3 is 0 Å². The number of aromatic nitrogens is 3. The zero-order valence-electron chi connectivity index (χ0n) is 11.5. The van der Waals surface area contributed by atoms with E-state index in [1.54, 1.807) is 36.5 Å². The van der Waals surface area contributed by atoms with E-state index in [0.29, 0.717) is 10.6 Å². The highest BCUT2D eigenvalue weighted by Gasteiger charge is 2.14. The van der Waals surface area contributed by atoms with Gasteiger partial charge in [0.1, 0.15) is 5.69 Å². The predicted molar refractivity (Wildman–Crippen MR) is 83.2 cm³/mol. The van der Waals surface area contributed by atoms with E-state index in [1.165, 1.54) is 6.20 Å². The van der Waals surface area contributed by atoms with Gasteiger partial charge in [0.15, 0.2) is 11.6 Å². The minimum atomic E-state index is -0.233. The van der Waals surface area contributed by atoms with E-state index in [4.69, 9.17) is 11.6 Å². The van der Waals surface area contributed by atoms with E-state index in [9.17, 15) is 9.59 Å². The Balaban J connectivity index is 1.69. The van der Waals surface area contributed by atoms with E-state index in [2.05, 4.69) is 15.2 Å². The third-order valence-corrected chi connectivity index (χ3v) is 3.67. The first-order valence-electron chi connectivity index (χ1n) is 6.75. The molecule has 0 saturated heterocycles. The summed E-state index contributed by atoms with van der Waals surface area (Å²) in [5, 5.41) is 7.91. The number of carbonyl (C=O) groups is 2. The van der Waals surface area contributed by atoms with Gasteiger partial charge in [-0.15, -0.1) is 0 Å². The molecule has 6 heteroatoms. The van der Waals surface area contributed by atoms with Crippen LogP contribution in [0.4, 0.5) is 0 Å². The van der Waals surface area contributed by atoms with Crippen LogP contribution in [0, 0.1) is 0 Å². The number of hydrogen-bond acceptors (Lipinski definition) is 4. The third-order valence-electron chi connectivity index (χ3n) is 3.36. The number of hydrogen-bond donors (Lipinski definition) is 1. The van der Waals surface area contributed by atoms with Crippen LogP contribution < -0.4 is 0 Å². The van der Waals surface area contributed by atoms with Crippen molar-refractivity contribution in [1.82, 2.24) is 15.2 Å². The van der Waals surface area contributed by atoms with Crippen molar-refractivity contribution in [2.75, 3.05) is 0 Å². The number of fused-ring (bicyclic) bond motifs is 1. The lowest BCUT2D eigenvalue weighted by molar-refractivity contribution is 0.0915. The molecule has 3 aromatic rings. The summed E-state index contributed by atoms with van der Waals surface area (Å²) in [6.45, 7) is 0. The highest BCUT2D eigenvalue weighted by Crippen LogP contribution is 2.17. The summed E-state index contributed by atoms with van der Waals surface area (Å²) in [4.78, 5) is 28.2. The monoisotopic (exact) mass is 313 g/mol. The molecule has 0 amide bonds. The fourth-order valence-electron chi connectivity index (χ4n) is 2.20. The van der Waals surface area contributed by atoms with Crippen LogP contribution in [0.3, 0.4) is 0 Å². The van der Waals surface area contributed by atoms with Gasteiger partial charge in [-0.2, -0.15) is 5.10 Å². The van der Waals surface area contributed by atoms with Crippen LogP contribution in [-0.4, -0.2) is 26.7 Å². The molecule has 0 aliphatic rings. The molecule has 2 heterocycles. The van der Waals surface area contributed by atoms with Crippen LogP contribution in [0.1, 0.15) is 33.7 Å². The van der Waals surface area contributed by atoms with Crippen LogP contribution in [0.2, 0.25) is 5.02 Å². The second-order valence-corrected chi connectivity index (χ2v) is 5.26. The molecule has 0 aliphatic carbocycles. The Hall–Kier alpha value is -2.53. The Morgan fingerprint density at radius 1 is 1.14 bits per heavy atom. The van der Waals surface area contributed by atoms with Gasteiger partial charge >= 0.3 is 0 Å². The average Bonchev–Trinajstić information content (AvgIpc) is 3.00. The molecule has 0 radical (unpaired) electrons. The molecular weight excluding hydrogens is 302 g/mol. The maximum absolute atomic E-state index is 12.2. The summed E-state index contributed by atoms with van der Waals surface area (Å²) in [6.07, 6.45) is 3.37. The minimum absolute atomic E-state index is 0.0823. The second-order valence-electron chi connectivity index (χ2n) is 4.85. The first kappa shape index (κ1) is 14.4. The fraction of sp³-hybridized carbons (Fsp3) is 0.125. The normalized spacial score (nSPS) is 10.8. The molecule has 22 heavy (non-hydrogen) atoms. The van der Waals surface area contributed by atoms with Crippen LogP contribution in [-0.2, 0) is 0 Å². The molecule has 0 saturated carbocycles. The van der Waals surface area contributed by atoms with Crippen molar-refractivity contribution in [2.24, 2.45) is 0 Å². The van der Waals surface area contributed by atoms with E-state index in [1.807, 2.05) is 0 Å². The quantitative estimate of drug-likeness (QED) is 0.732. The van der Waals surface area contributed by atoms with Crippen LogP contribution in [0.25, 0.3) is 10.9 Å². The lowest BCUT2D eigenvalue weighted by Gasteiger charge is -2.03. The van der Waals surface area contributed by atoms with Crippen molar-refractivity contribution in [3.8, 4) is 0 Å². The third kappa shape index (κ3) is 2.89. The van der Waals surface area contributed by atoms with Gasteiger partial charge in [0.2, 0.25) is 0 Å². The number of rotatable bonds is 5. The maximum Gasteiger partial charge on any atom is 0.183 e. The Morgan fingerprint density at radius 2 is 1.95 bits per heavy atom. The van der Waals surface area contributed by atoms with E-state index in [0.717, 1.165) is 10.9 Å². The summed E-state index contributed by atoms with van der Waals surface area (Å²) < 4.78 is 0. The molecule has 0 spiro atoms. The number of aromatic amines is 1. The first-order valence-corrected chi connectivity index (χ1v) is 7.13. The number of benzene rings is 1. The molecule has 110 valence electrons. The van der Waals surface area contributed by atoms with Gasteiger partial charge in [0.05, 0.1) is 16.7 Å². The van der Waals surface area contributed by atoms with Crippen molar-refractivity contribution >= 4 is 34.1 Å². The number of ketones is 2. The van der Waals surface area contributed by atoms with Crippen molar-refractivity contribution in [3.63, 3.8) is 0 Å². The molecule has 0 bridgehead atoms. The number of nitrogens with zero attached hydrogens (tertiary/aromatic N) is 2. The molecule has 0 atom stereocenters.